The Balaban J connectivity index is 2.27. The molecule has 0 bridgehead atoms. The van der Waals surface area contributed by atoms with Gasteiger partial charge in [-0.15, -0.1) is 0 Å². The lowest BCUT2D eigenvalue weighted by Gasteiger charge is -2.38. The van der Waals surface area contributed by atoms with E-state index in [4.69, 9.17) is 10.5 Å². The summed E-state index contributed by atoms with van der Waals surface area (Å²) in [4.78, 5) is 0. The summed E-state index contributed by atoms with van der Waals surface area (Å²) in [5.74, 6) is 1.80. The van der Waals surface area contributed by atoms with Gasteiger partial charge in [-0.3, -0.25) is 0 Å². The van der Waals surface area contributed by atoms with Crippen LogP contribution < -0.4 is 10.5 Å². The van der Waals surface area contributed by atoms with E-state index in [9.17, 15) is 0 Å². The van der Waals surface area contributed by atoms with Crippen molar-refractivity contribution >= 4 is 0 Å². The van der Waals surface area contributed by atoms with Crippen LogP contribution in [0.1, 0.15) is 50.2 Å². The van der Waals surface area contributed by atoms with E-state index in [0.717, 1.165) is 24.5 Å². The van der Waals surface area contributed by atoms with Gasteiger partial charge < -0.3 is 10.5 Å². The minimum atomic E-state index is -0.191. The molecule has 0 aliphatic heterocycles. The average molecular weight is 247 g/mol. The van der Waals surface area contributed by atoms with Crippen LogP contribution in [0.3, 0.4) is 0 Å². The molecule has 0 aromatic heterocycles. The maximum absolute atomic E-state index is 6.66. The highest BCUT2D eigenvalue weighted by Gasteiger charge is 2.34. The zero-order chi connectivity index (χ0) is 13.2. The van der Waals surface area contributed by atoms with Crippen molar-refractivity contribution < 1.29 is 4.74 Å². The molecule has 100 valence electrons. The Morgan fingerprint density at radius 1 is 1.33 bits per heavy atom. The number of rotatable bonds is 3. The SMILES string of the molecule is CCC1CCC(N)(c2cc(C)ccc2OC)CC1. The number of hydrogen-bond donors (Lipinski definition) is 1. The van der Waals surface area contributed by atoms with Crippen LogP contribution in [-0.4, -0.2) is 7.11 Å². The van der Waals surface area contributed by atoms with Gasteiger partial charge in [0.2, 0.25) is 0 Å². The van der Waals surface area contributed by atoms with Crippen molar-refractivity contribution in [2.24, 2.45) is 11.7 Å². The van der Waals surface area contributed by atoms with Crippen LogP contribution in [0.5, 0.6) is 5.75 Å². The zero-order valence-electron chi connectivity index (χ0n) is 11.8. The Labute approximate surface area is 111 Å². The van der Waals surface area contributed by atoms with Gasteiger partial charge in [0.15, 0.2) is 0 Å². The van der Waals surface area contributed by atoms with Gasteiger partial charge in [0.1, 0.15) is 5.75 Å². The summed E-state index contributed by atoms with van der Waals surface area (Å²) in [6, 6.07) is 6.33. The number of ether oxygens (including phenoxy) is 1. The molecule has 1 aromatic carbocycles. The maximum Gasteiger partial charge on any atom is 0.123 e. The molecule has 0 saturated heterocycles. The number of aryl methyl sites for hydroxylation is 1. The van der Waals surface area contributed by atoms with E-state index in [1.807, 2.05) is 6.07 Å². The Hall–Kier alpha value is -1.02. The van der Waals surface area contributed by atoms with Crippen LogP contribution in [-0.2, 0) is 5.54 Å². The Morgan fingerprint density at radius 2 is 2.00 bits per heavy atom. The summed E-state index contributed by atoms with van der Waals surface area (Å²) in [6.45, 7) is 4.39. The van der Waals surface area contributed by atoms with Gasteiger partial charge in [0.05, 0.1) is 7.11 Å². The van der Waals surface area contributed by atoms with E-state index in [1.54, 1.807) is 7.11 Å². The molecule has 0 amide bonds. The molecule has 0 spiro atoms. The van der Waals surface area contributed by atoms with Crippen molar-refractivity contribution in [3.05, 3.63) is 29.3 Å². The lowest BCUT2D eigenvalue weighted by molar-refractivity contribution is 0.226. The van der Waals surface area contributed by atoms with Crippen molar-refractivity contribution in [2.45, 2.75) is 51.5 Å². The summed E-state index contributed by atoms with van der Waals surface area (Å²) in [5.41, 5.74) is 8.92. The molecule has 2 rings (SSSR count). The molecule has 1 saturated carbocycles. The quantitative estimate of drug-likeness (QED) is 0.882. The number of nitrogens with two attached hydrogens (primary N) is 1. The third-order valence-electron chi connectivity index (χ3n) is 4.47. The molecular weight excluding hydrogens is 222 g/mol. The minimum absolute atomic E-state index is 0.191. The van der Waals surface area contributed by atoms with Crippen molar-refractivity contribution in [1.82, 2.24) is 0 Å². The van der Waals surface area contributed by atoms with Crippen molar-refractivity contribution in [3.8, 4) is 5.75 Å². The van der Waals surface area contributed by atoms with Crippen LogP contribution in [0, 0.1) is 12.8 Å². The van der Waals surface area contributed by atoms with E-state index >= 15 is 0 Å². The first-order valence-corrected chi connectivity index (χ1v) is 7.03. The molecule has 18 heavy (non-hydrogen) atoms. The maximum atomic E-state index is 6.66. The van der Waals surface area contributed by atoms with Crippen LogP contribution in [0.25, 0.3) is 0 Å². The normalized spacial score (nSPS) is 28.1. The molecule has 1 aromatic rings. The van der Waals surface area contributed by atoms with Crippen LogP contribution in [0.2, 0.25) is 0 Å². The highest BCUT2D eigenvalue weighted by Crippen LogP contribution is 2.42. The van der Waals surface area contributed by atoms with Crippen molar-refractivity contribution in [1.29, 1.82) is 0 Å². The molecule has 0 radical (unpaired) electrons. The Morgan fingerprint density at radius 3 is 2.56 bits per heavy atom. The first kappa shape index (κ1) is 13.4. The minimum Gasteiger partial charge on any atom is -0.496 e. The third-order valence-corrected chi connectivity index (χ3v) is 4.47. The lowest BCUT2D eigenvalue weighted by Crippen LogP contribution is -2.40. The van der Waals surface area contributed by atoms with Crippen LogP contribution in [0.4, 0.5) is 0 Å². The summed E-state index contributed by atoms with van der Waals surface area (Å²) >= 11 is 0. The molecule has 0 heterocycles. The van der Waals surface area contributed by atoms with E-state index < -0.39 is 0 Å². The first-order chi connectivity index (χ1) is 8.59. The van der Waals surface area contributed by atoms with Gasteiger partial charge in [0.25, 0.3) is 0 Å². The summed E-state index contributed by atoms with van der Waals surface area (Å²) in [5, 5.41) is 0. The smallest absolute Gasteiger partial charge is 0.123 e. The molecule has 2 heteroatoms. The Kier molecular flexibility index (Phi) is 3.96. The Bertz CT molecular complexity index is 406. The number of methoxy groups -OCH3 is 1. The van der Waals surface area contributed by atoms with Gasteiger partial charge in [-0.2, -0.15) is 0 Å². The highest BCUT2D eigenvalue weighted by atomic mass is 16.5. The monoisotopic (exact) mass is 247 g/mol. The third kappa shape index (κ3) is 2.54. The molecule has 0 atom stereocenters. The van der Waals surface area contributed by atoms with E-state index in [2.05, 4.69) is 26.0 Å². The first-order valence-electron chi connectivity index (χ1n) is 7.03. The molecule has 1 aliphatic carbocycles. The van der Waals surface area contributed by atoms with E-state index in [-0.39, 0.29) is 5.54 Å². The van der Waals surface area contributed by atoms with Gasteiger partial charge in [-0.05, 0) is 44.6 Å². The largest absolute Gasteiger partial charge is 0.496 e. The van der Waals surface area contributed by atoms with Gasteiger partial charge in [-0.1, -0.05) is 31.0 Å². The van der Waals surface area contributed by atoms with Gasteiger partial charge in [0, 0.05) is 11.1 Å². The topological polar surface area (TPSA) is 35.2 Å². The van der Waals surface area contributed by atoms with Gasteiger partial charge in [-0.25, -0.2) is 0 Å². The summed E-state index contributed by atoms with van der Waals surface area (Å²) in [6.07, 6.45) is 5.91. The van der Waals surface area contributed by atoms with E-state index in [1.165, 1.54) is 30.4 Å². The molecule has 2 N–H and O–H groups in total. The number of benzene rings is 1. The summed E-state index contributed by atoms with van der Waals surface area (Å²) < 4.78 is 5.49. The molecule has 1 fully saturated rings. The zero-order valence-corrected chi connectivity index (χ0v) is 11.8. The fourth-order valence-corrected chi connectivity index (χ4v) is 3.08. The molecule has 2 nitrogen and oxygen atoms in total. The predicted molar refractivity (Wildman–Crippen MR) is 75.8 cm³/mol. The fourth-order valence-electron chi connectivity index (χ4n) is 3.08. The molecule has 0 unspecified atom stereocenters. The van der Waals surface area contributed by atoms with Crippen molar-refractivity contribution in [3.63, 3.8) is 0 Å². The molecule has 1 aliphatic rings. The highest BCUT2D eigenvalue weighted by molar-refractivity contribution is 5.42. The van der Waals surface area contributed by atoms with Crippen molar-refractivity contribution in [2.75, 3.05) is 7.11 Å². The average Bonchev–Trinajstić information content (AvgIpc) is 2.39. The van der Waals surface area contributed by atoms with E-state index in [0.29, 0.717) is 0 Å². The van der Waals surface area contributed by atoms with Crippen LogP contribution in [0.15, 0.2) is 18.2 Å². The standard InChI is InChI=1S/C16H25NO/c1-4-13-7-9-16(17,10-8-13)14-11-12(2)5-6-15(14)18-3/h5-6,11,13H,4,7-10,17H2,1-3H3. The van der Waals surface area contributed by atoms with Gasteiger partial charge >= 0.3 is 0 Å². The second kappa shape index (κ2) is 5.31. The van der Waals surface area contributed by atoms with Crippen LogP contribution >= 0.6 is 0 Å². The second-order valence-electron chi connectivity index (χ2n) is 5.71. The second-order valence-corrected chi connectivity index (χ2v) is 5.71. The molecular formula is C16H25NO. The fraction of sp³-hybridized carbons (Fsp3) is 0.625. The lowest BCUT2D eigenvalue weighted by atomic mass is 9.72. The predicted octanol–water partition coefficient (Wildman–Crippen LogP) is 3.76. The number of hydrogen-bond acceptors (Lipinski definition) is 2. The summed E-state index contributed by atoms with van der Waals surface area (Å²) in [7, 11) is 1.73.